The number of hydrogen-bond donors (Lipinski definition) is 0. The van der Waals surface area contributed by atoms with Crippen molar-refractivity contribution in [2.75, 3.05) is 0 Å². The zero-order valence-electron chi connectivity index (χ0n) is 11.2. The largest absolute Gasteiger partial charge is 0.103 e. The lowest BCUT2D eigenvalue weighted by Gasteiger charge is -1.99. The third-order valence-electron chi connectivity index (χ3n) is 2.83. The Morgan fingerprint density at radius 1 is 0.688 bits per heavy atom. The van der Waals surface area contributed by atoms with Gasteiger partial charge in [0.05, 0.1) is 0 Å². The Morgan fingerprint density at radius 3 is 1.75 bits per heavy atom. The molecule has 0 saturated heterocycles. The van der Waals surface area contributed by atoms with Crippen molar-refractivity contribution in [2.24, 2.45) is 0 Å². The number of unbranched alkanes of at least 4 members (excludes halogenated alkanes) is 10. The number of rotatable bonds is 10. The van der Waals surface area contributed by atoms with Gasteiger partial charge in [0.2, 0.25) is 0 Å². The normalized spacial score (nSPS) is 9.88. The van der Waals surface area contributed by atoms with E-state index in [9.17, 15) is 0 Å². The molecule has 0 nitrogen and oxygen atoms in total. The van der Waals surface area contributed by atoms with E-state index in [0.717, 1.165) is 19.3 Å². The van der Waals surface area contributed by atoms with Crippen molar-refractivity contribution < 1.29 is 0 Å². The Morgan fingerprint density at radius 2 is 1.19 bits per heavy atom. The van der Waals surface area contributed by atoms with E-state index in [1.807, 2.05) is 0 Å². The third-order valence-corrected chi connectivity index (χ3v) is 2.83. The van der Waals surface area contributed by atoms with Crippen LogP contribution >= 0.6 is 0 Å². The van der Waals surface area contributed by atoms with Gasteiger partial charge in [-0.2, -0.15) is 0 Å². The number of hydrogen-bond acceptors (Lipinski definition) is 0. The molecule has 0 aliphatic rings. The summed E-state index contributed by atoms with van der Waals surface area (Å²) in [4.78, 5) is 0. The van der Waals surface area contributed by atoms with Gasteiger partial charge in [-0.1, -0.05) is 65.2 Å². The van der Waals surface area contributed by atoms with Crippen molar-refractivity contribution in [3.8, 4) is 11.8 Å². The maximum atomic E-state index is 3.86. The zero-order chi connectivity index (χ0) is 11.9. The molecule has 16 heavy (non-hydrogen) atoms. The van der Waals surface area contributed by atoms with Gasteiger partial charge in [0.1, 0.15) is 0 Å². The monoisotopic (exact) mass is 221 g/mol. The fourth-order valence-corrected chi connectivity index (χ4v) is 1.72. The van der Waals surface area contributed by atoms with Gasteiger partial charge in [0.25, 0.3) is 0 Å². The van der Waals surface area contributed by atoms with Crippen molar-refractivity contribution in [2.45, 2.75) is 84.0 Å². The van der Waals surface area contributed by atoms with Crippen molar-refractivity contribution in [1.82, 2.24) is 0 Å². The smallest absolute Gasteiger partial charge is 0.00886 e. The molecule has 0 fully saturated rings. The van der Waals surface area contributed by atoms with Gasteiger partial charge in [-0.3, -0.25) is 0 Å². The quantitative estimate of drug-likeness (QED) is 0.336. The summed E-state index contributed by atoms with van der Waals surface area (Å²) in [6.45, 7) is 6.08. The van der Waals surface area contributed by atoms with Crippen molar-refractivity contribution >= 4 is 0 Å². The Balaban J connectivity index is 2.99. The minimum Gasteiger partial charge on any atom is -0.103 e. The highest BCUT2D eigenvalue weighted by atomic mass is 14.0. The molecule has 0 aromatic heterocycles. The SMILES string of the molecule is [CH2]CCCCCCCCCC#CCCCC. The first-order chi connectivity index (χ1) is 7.91. The standard InChI is InChI=1S/C16H29/c1-3-5-7-9-11-13-15-16-14-12-10-8-6-4-2/h1,3-9,11,13-16H2,2H3. The molecule has 0 aliphatic carbocycles. The van der Waals surface area contributed by atoms with E-state index >= 15 is 0 Å². The van der Waals surface area contributed by atoms with Crippen LogP contribution in [-0.4, -0.2) is 0 Å². The van der Waals surface area contributed by atoms with Crippen LogP contribution < -0.4 is 0 Å². The highest BCUT2D eigenvalue weighted by Crippen LogP contribution is 2.09. The molecule has 0 aliphatic heterocycles. The van der Waals surface area contributed by atoms with E-state index in [2.05, 4.69) is 25.7 Å². The highest BCUT2D eigenvalue weighted by molar-refractivity contribution is 4.98. The van der Waals surface area contributed by atoms with Gasteiger partial charge in [-0.15, -0.1) is 11.8 Å². The van der Waals surface area contributed by atoms with Crippen LogP contribution in [0.15, 0.2) is 0 Å². The first-order valence-corrected chi connectivity index (χ1v) is 7.16. The molecule has 0 unspecified atom stereocenters. The van der Waals surface area contributed by atoms with Crippen molar-refractivity contribution in [3.63, 3.8) is 0 Å². The van der Waals surface area contributed by atoms with Crippen LogP contribution in [-0.2, 0) is 0 Å². The van der Waals surface area contributed by atoms with Crippen LogP contribution in [0.25, 0.3) is 0 Å². The van der Waals surface area contributed by atoms with Gasteiger partial charge < -0.3 is 0 Å². The summed E-state index contributed by atoms with van der Waals surface area (Å²) in [7, 11) is 0. The summed E-state index contributed by atoms with van der Waals surface area (Å²) >= 11 is 0. The first-order valence-electron chi connectivity index (χ1n) is 7.16. The Bertz CT molecular complexity index is 170. The maximum Gasteiger partial charge on any atom is 0.00886 e. The molecule has 0 rings (SSSR count). The van der Waals surface area contributed by atoms with Crippen LogP contribution in [0.5, 0.6) is 0 Å². The molecule has 0 amide bonds. The molecule has 93 valence electrons. The fourth-order valence-electron chi connectivity index (χ4n) is 1.72. The van der Waals surface area contributed by atoms with E-state index in [4.69, 9.17) is 0 Å². The van der Waals surface area contributed by atoms with Crippen LogP contribution in [0, 0.1) is 18.8 Å². The highest BCUT2D eigenvalue weighted by Gasteiger charge is 1.90. The maximum absolute atomic E-state index is 3.86. The first kappa shape index (κ1) is 15.6. The van der Waals surface area contributed by atoms with E-state index in [1.54, 1.807) is 0 Å². The molecule has 0 heterocycles. The van der Waals surface area contributed by atoms with Crippen molar-refractivity contribution in [3.05, 3.63) is 6.92 Å². The summed E-state index contributed by atoms with van der Waals surface area (Å²) in [5.41, 5.74) is 0. The van der Waals surface area contributed by atoms with Gasteiger partial charge >= 0.3 is 0 Å². The molecular weight excluding hydrogens is 192 g/mol. The third kappa shape index (κ3) is 13.6. The molecule has 1 radical (unpaired) electrons. The lowest BCUT2D eigenvalue weighted by atomic mass is 10.1. The van der Waals surface area contributed by atoms with E-state index < -0.39 is 0 Å². The topological polar surface area (TPSA) is 0 Å². The average molecular weight is 221 g/mol. The summed E-state index contributed by atoms with van der Waals surface area (Å²) in [6, 6.07) is 0. The lowest BCUT2D eigenvalue weighted by molar-refractivity contribution is 0.585. The second kappa shape index (κ2) is 14.6. The Hall–Kier alpha value is -0.440. The predicted molar refractivity (Wildman–Crippen MR) is 74.2 cm³/mol. The summed E-state index contributed by atoms with van der Waals surface area (Å²) in [5, 5.41) is 0. The second-order valence-corrected chi connectivity index (χ2v) is 4.54. The summed E-state index contributed by atoms with van der Waals surface area (Å²) in [6.07, 6.45) is 15.4. The minimum absolute atomic E-state index is 1.10. The van der Waals surface area contributed by atoms with Gasteiger partial charge in [0.15, 0.2) is 0 Å². The average Bonchev–Trinajstić information content (AvgIpc) is 2.31. The van der Waals surface area contributed by atoms with E-state index in [1.165, 1.54) is 57.8 Å². The van der Waals surface area contributed by atoms with Gasteiger partial charge in [-0.25, -0.2) is 0 Å². The molecule has 0 N–H and O–H groups in total. The predicted octanol–water partition coefficient (Wildman–Crippen LogP) is 5.52. The molecule has 0 saturated carbocycles. The fraction of sp³-hybridized carbons (Fsp3) is 0.812. The van der Waals surface area contributed by atoms with Gasteiger partial charge in [-0.05, 0) is 12.8 Å². The lowest BCUT2D eigenvalue weighted by Crippen LogP contribution is -1.80. The molecular formula is C16H29. The van der Waals surface area contributed by atoms with Crippen LogP contribution in [0.3, 0.4) is 0 Å². The second-order valence-electron chi connectivity index (χ2n) is 4.54. The van der Waals surface area contributed by atoms with Crippen molar-refractivity contribution in [1.29, 1.82) is 0 Å². The Labute approximate surface area is 103 Å². The molecule has 0 atom stereocenters. The Kier molecular flexibility index (Phi) is 14.2. The van der Waals surface area contributed by atoms with Gasteiger partial charge in [0, 0.05) is 12.8 Å². The molecule has 0 spiro atoms. The van der Waals surface area contributed by atoms with E-state index in [-0.39, 0.29) is 0 Å². The van der Waals surface area contributed by atoms with E-state index in [0.29, 0.717) is 0 Å². The van der Waals surface area contributed by atoms with Crippen LogP contribution in [0.4, 0.5) is 0 Å². The molecule has 0 aromatic rings. The van der Waals surface area contributed by atoms with Crippen LogP contribution in [0.1, 0.15) is 84.0 Å². The molecule has 0 bridgehead atoms. The molecule has 0 aromatic carbocycles. The summed E-state index contributed by atoms with van der Waals surface area (Å²) < 4.78 is 0. The summed E-state index contributed by atoms with van der Waals surface area (Å²) in [5.74, 6) is 6.52. The van der Waals surface area contributed by atoms with Crippen LogP contribution in [0.2, 0.25) is 0 Å². The minimum atomic E-state index is 1.10. The molecule has 0 heteroatoms. The zero-order valence-corrected chi connectivity index (χ0v) is 11.2.